The number of rotatable bonds is 6. The molecule has 3 N–H and O–H groups in total. The van der Waals surface area contributed by atoms with Gasteiger partial charge >= 0.3 is 0 Å². The van der Waals surface area contributed by atoms with E-state index in [1.165, 1.54) is 4.68 Å². The molecule has 0 bridgehead atoms. The Hall–Kier alpha value is -3.11. The summed E-state index contributed by atoms with van der Waals surface area (Å²) in [5.41, 5.74) is 8.26. The first-order chi connectivity index (χ1) is 14.9. The number of anilines is 1. The lowest BCUT2D eigenvalue weighted by Crippen LogP contribution is -2.31. The van der Waals surface area contributed by atoms with Gasteiger partial charge in [-0.05, 0) is 68.7 Å². The van der Waals surface area contributed by atoms with Crippen LogP contribution in [0.5, 0.6) is 11.5 Å². The highest BCUT2D eigenvalue weighted by Crippen LogP contribution is 2.42. The van der Waals surface area contributed by atoms with Gasteiger partial charge in [0.15, 0.2) is 11.5 Å². The van der Waals surface area contributed by atoms with Gasteiger partial charge in [0, 0.05) is 10.7 Å². The van der Waals surface area contributed by atoms with E-state index in [2.05, 4.69) is 36.8 Å². The van der Waals surface area contributed by atoms with Crippen LogP contribution in [0.4, 0.5) is 5.95 Å². The van der Waals surface area contributed by atoms with E-state index in [1.54, 1.807) is 32.2 Å². The molecule has 0 radical (unpaired) electrons. The molecule has 0 spiro atoms. The van der Waals surface area contributed by atoms with Crippen molar-refractivity contribution >= 4 is 39.4 Å². The second kappa shape index (κ2) is 8.56. The van der Waals surface area contributed by atoms with Crippen molar-refractivity contribution in [1.82, 2.24) is 20.2 Å². The number of carbonyl (C=O) groups is 1. The number of nitrogens with two attached hydrogens (primary N) is 1. The zero-order valence-corrected chi connectivity index (χ0v) is 18.9. The minimum atomic E-state index is -0.626. The number of allylic oxidation sites excluding steroid dienone is 1. The molecule has 3 aromatic rings. The highest BCUT2D eigenvalue weighted by molar-refractivity contribution is 9.10. The largest absolute Gasteiger partial charge is 0.493 e. The molecule has 160 valence electrons. The quantitative estimate of drug-likeness (QED) is 0.527. The zero-order chi connectivity index (χ0) is 22.1. The molecule has 9 nitrogen and oxygen atoms in total. The van der Waals surface area contributed by atoms with Gasteiger partial charge in [-0.3, -0.25) is 4.79 Å². The van der Waals surface area contributed by atoms with Crippen molar-refractivity contribution in [3.8, 4) is 11.5 Å². The van der Waals surface area contributed by atoms with Gasteiger partial charge in [-0.15, -0.1) is 0 Å². The van der Waals surface area contributed by atoms with E-state index in [9.17, 15) is 4.79 Å². The number of carbonyl (C=O) groups excluding carboxylic acids is 1. The lowest BCUT2D eigenvalue weighted by atomic mass is 9.95. The Bertz CT molecular complexity index is 1180. The van der Waals surface area contributed by atoms with Crippen LogP contribution < -0.4 is 20.5 Å². The number of fused-ring (bicyclic) bond motifs is 1. The number of nitrogens with zero attached hydrogens (tertiary/aromatic N) is 4. The predicted molar refractivity (Wildman–Crippen MR) is 118 cm³/mol. The van der Waals surface area contributed by atoms with E-state index >= 15 is 0 Å². The summed E-state index contributed by atoms with van der Waals surface area (Å²) in [5.74, 6) is 0.835. The molecule has 31 heavy (non-hydrogen) atoms. The summed E-state index contributed by atoms with van der Waals surface area (Å²) in [7, 11) is 1.54. The normalized spacial score (nSPS) is 15.3. The molecule has 11 heteroatoms. The first-order valence-corrected chi connectivity index (χ1v) is 10.4. The number of halogens is 2. The van der Waals surface area contributed by atoms with Crippen molar-refractivity contribution in [3.63, 3.8) is 0 Å². The summed E-state index contributed by atoms with van der Waals surface area (Å²) in [6.07, 6.45) is 0. The van der Waals surface area contributed by atoms with Crippen LogP contribution in [0.2, 0.25) is 5.02 Å². The van der Waals surface area contributed by atoms with Crippen LogP contribution in [-0.4, -0.2) is 33.2 Å². The monoisotopic (exact) mass is 504 g/mol. The predicted octanol–water partition coefficient (Wildman–Crippen LogP) is 3.45. The summed E-state index contributed by atoms with van der Waals surface area (Å²) < 4.78 is 13.7. The minimum Gasteiger partial charge on any atom is -0.493 e. The third-order valence-corrected chi connectivity index (χ3v) is 5.68. The van der Waals surface area contributed by atoms with Crippen LogP contribution in [0.3, 0.4) is 0 Å². The highest BCUT2D eigenvalue weighted by atomic mass is 79.9. The Morgan fingerprint density at radius 1 is 1.32 bits per heavy atom. The van der Waals surface area contributed by atoms with Crippen molar-refractivity contribution < 1.29 is 14.3 Å². The van der Waals surface area contributed by atoms with Crippen molar-refractivity contribution in [2.75, 3.05) is 12.4 Å². The molecule has 1 aliphatic heterocycles. The van der Waals surface area contributed by atoms with Crippen molar-refractivity contribution in [3.05, 3.63) is 68.3 Å². The van der Waals surface area contributed by atoms with Gasteiger partial charge in [-0.2, -0.15) is 4.68 Å². The van der Waals surface area contributed by atoms with Crippen molar-refractivity contribution in [2.45, 2.75) is 19.6 Å². The van der Waals surface area contributed by atoms with Crippen molar-refractivity contribution in [1.29, 1.82) is 0 Å². The standard InChI is InChI=1S/C20H18BrClN6O3/c1-10-16(19(23)29)17(28-20(24-10)25-26-27-28)12-7-14(21)18(15(8-12)30-2)31-9-11-3-5-13(22)6-4-11/h3-8,17H,9H2,1-2H3,(H2,23,29)(H,24,25,27). The van der Waals surface area contributed by atoms with Gasteiger partial charge < -0.3 is 20.5 Å². The fourth-order valence-corrected chi connectivity index (χ4v) is 4.11. The van der Waals surface area contributed by atoms with E-state index < -0.39 is 11.9 Å². The lowest BCUT2D eigenvalue weighted by Gasteiger charge is -2.27. The SMILES string of the molecule is COc1cc(C2C(C(N)=O)=C(C)Nc3nnnn32)cc(Br)c1OCc1ccc(Cl)cc1. The third-order valence-electron chi connectivity index (χ3n) is 4.84. The van der Waals surface area contributed by atoms with Crippen LogP contribution in [0, 0.1) is 0 Å². The van der Waals surface area contributed by atoms with Gasteiger partial charge in [0.25, 0.3) is 0 Å². The number of primary amides is 1. The van der Waals surface area contributed by atoms with Crippen molar-refractivity contribution in [2.24, 2.45) is 5.73 Å². The fourth-order valence-electron chi connectivity index (χ4n) is 3.41. The molecule has 0 saturated heterocycles. The number of tetrazole rings is 1. The molecule has 2 heterocycles. The molecule has 4 rings (SSSR count). The van der Waals surface area contributed by atoms with E-state index in [0.717, 1.165) is 5.56 Å². The molecule has 1 aromatic heterocycles. The topological polar surface area (TPSA) is 117 Å². The van der Waals surface area contributed by atoms with E-state index in [1.807, 2.05) is 18.2 Å². The Labute approximate surface area is 191 Å². The van der Waals surface area contributed by atoms with Gasteiger partial charge in [0.05, 0.1) is 17.2 Å². The summed E-state index contributed by atoms with van der Waals surface area (Å²) in [6, 6.07) is 10.4. The number of amides is 1. The number of hydrogen-bond donors (Lipinski definition) is 2. The number of hydrogen-bond acceptors (Lipinski definition) is 7. The average Bonchev–Trinajstić information content (AvgIpc) is 3.20. The molecule has 1 aliphatic rings. The van der Waals surface area contributed by atoms with Crippen LogP contribution in [-0.2, 0) is 11.4 Å². The van der Waals surface area contributed by atoms with E-state index in [0.29, 0.717) is 50.4 Å². The average molecular weight is 506 g/mol. The first kappa shape index (κ1) is 21.1. The number of benzene rings is 2. The number of ether oxygens (including phenoxy) is 2. The van der Waals surface area contributed by atoms with Gasteiger partial charge in [-0.1, -0.05) is 28.8 Å². The Kier molecular flexibility index (Phi) is 5.84. The third kappa shape index (κ3) is 4.08. The summed E-state index contributed by atoms with van der Waals surface area (Å²) in [4.78, 5) is 12.2. The van der Waals surface area contributed by atoms with Crippen LogP contribution in [0.15, 0.2) is 52.1 Å². The van der Waals surface area contributed by atoms with Gasteiger partial charge in [0.2, 0.25) is 11.9 Å². The van der Waals surface area contributed by atoms with E-state index in [-0.39, 0.29) is 0 Å². The zero-order valence-electron chi connectivity index (χ0n) is 16.6. The highest BCUT2D eigenvalue weighted by Gasteiger charge is 2.34. The molecule has 2 aromatic carbocycles. The second-order valence-electron chi connectivity index (χ2n) is 6.83. The fraction of sp³-hybridized carbons (Fsp3) is 0.200. The maximum absolute atomic E-state index is 12.2. The molecule has 1 amide bonds. The Balaban J connectivity index is 1.72. The number of aromatic nitrogens is 4. The molecular formula is C20H18BrClN6O3. The van der Waals surface area contributed by atoms with Gasteiger partial charge in [0.1, 0.15) is 12.6 Å². The first-order valence-electron chi connectivity index (χ1n) is 9.19. The molecule has 1 atom stereocenters. The molecule has 0 saturated carbocycles. The Morgan fingerprint density at radius 2 is 2.06 bits per heavy atom. The van der Waals surface area contributed by atoms with Crippen LogP contribution in [0.25, 0.3) is 0 Å². The summed E-state index contributed by atoms with van der Waals surface area (Å²) in [6.45, 7) is 2.07. The number of nitrogens with one attached hydrogen (secondary N) is 1. The van der Waals surface area contributed by atoms with E-state index in [4.69, 9.17) is 26.8 Å². The smallest absolute Gasteiger partial charge is 0.248 e. The maximum atomic E-state index is 12.2. The molecular weight excluding hydrogens is 488 g/mol. The maximum Gasteiger partial charge on any atom is 0.248 e. The number of methoxy groups -OCH3 is 1. The molecule has 0 aliphatic carbocycles. The molecule has 1 unspecified atom stereocenters. The van der Waals surface area contributed by atoms with Gasteiger partial charge in [-0.25, -0.2) is 0 Å². The second-order valence-corrected chi connectivity index (χ2v) is 8.12. The minimum absolute atomic E-state index is 0.321. The van der Waals surface area contributed by atoms with Crippen LogP contribution >= 0.6 is 27.5 Å². The lowest BCUT2D eigenvalue weighted by molar-refractivity contribution is -0.115. The Morgan fingerprint density at radius 3 is 2.74 bits per heavy atom. The molecule has 0 fully saturated rings. The van der Waals surface area contributed by atoms with Crippen LogP contribution in [0.1, 0.15) is 24.1 Å². The summed E-state index contributed by atoms with van der Waals surface area (Å²) >= 11 is 9.50. The summed E-state index contributed by atoms with van der Waals surface area (Å²) in [5, 5.41) is 15.3.